The van der Waals surface area contributed by atoms with E-state index in [9.17, 15) is 5.11 Å². The number of aliphatic hydroxyl groups excluding tert-OH is 1. The average molecular weight is 339 g/mol. The van der Waals surface area contributed by atoms with E-state index in [1.807, 2.05) is 29.9 Å². The van der Waals surface area contributed by atoms with E-state index in [0.717, 1.165) is 31.9 Å². The van der Waals surface area contributed by atoms with Crippen LogP contribution >= 0.6 is 0 Å². The van der Waals surface area contributed by atoms with Gasteiger partial charge in [0.25, 0.3) is 0 Å². The number of hydrogen-bond donors (Lipinski definition) is 2. The molecule has 0 fully saturated rings. The van der Waals surface area contributed by atoms with Crippen molar-refractivity contribution in [1.29, 1.82) is 0 Å². The van der Waals surface area contributed by atoms with Crippen LogP contribution in [0, 0.1) is 0 Å². The molecule has 0 amide bonds. The van der Waals surface area contributed by atoms with Gasteiger partial charge in [0.05, 0.1) is 17.9 Å². The summed E-state index contributed by atoms with van der Waals surface area (Å²) in [4.78, 5) is 7.70. The Labute approximate surface area is 147 Å². The van der Waals surface area contributed by atoms with Crippen LogP contribution in [-0.4, -0.2) is 56.9 Å². The maximum Gasteiger partial charge on any atom is 0.110 e. The molecular formula is C19H25N5O. The van der Waals surface area contributed by atoms with Gasteiger partial charge in [-0.25, -0.2) is 0 Å². The summed E-state index contributed by atoms with van der Waals surface area (Å²) >= 11 is 0. The summed E-state index contributed by atoms with van der Waals surface area (Å²) in [5.74, 6) is 0. The number of hydrogen-bond acceptors (Lipinski definition) is 4. The first-order chi connectivity index (χ1) is 12.1. The number of aromatic amines is 1. The van der Waals surface area contributed by atoms with Gasteiger partial charge >= 0.3 is 0 Å². The third kappa shape index (κ3) is 3.33. The smallest absolute Gasteiger partial charge is 0.110 e. The number of H-pyrrole nitrogens is 1. The van der Waals surface area contributed by atoms with Crippen LogP contribution in [0.4, 0.5) is 0 Å². The molecule has 4 rings (SSSR count). The summed E-state index contributed by atoms with van der Waals surface area (Å²) in [7, 11) is 3.92. The van der Waals surface area contributed by atoms with Crippen LogP contribution in [0.2, 0.25) is 0 Å². The Bertz CT molecular complexity index is 866. The minimum Gasteiger partial charge on any atom is -0.385 e. The third-order valence-corrected chi connectivity index (χ3v) is 4.85. The van der Waals surface area contributed by atoms with Crippen molar-refractivity contribution in [3.05, 3.63) is 53.5 Å². The van der Waals surface area contributed by atoms with Crippen molar-refractivity contribution in [2.45, 2.75) is 25.7 Å². The highest BCUT2D eigenvalue weighted by molar-refractivity contribution is 5.82. The molecule has 25 heavy (non-hydrogen) atoms. The molecule has 1 aliphatic heterocycles. The highest BCUT2D eigenvalue weighted by Crippen LogP contribution is 2.23. The first kappa shape index (κ1) is 16.3. The SMILES string of the molecule is CN(C)C[C@@H](O)c1cc2n(n1)CCN(Cc1cccc3[nH]ccc13)C2. The van der Waals surface area contributed by atoms with Crippen molar-refractivity contribution in [3.8, 4) is 0 Å². The Morgan fingerprint density at radius 1 is 1.28 bits per heavy atom. The van der Waals surface area contributed by atoms with Gasteiger partial charge in [-0.15, -0.1) is 0 Å². The summed E-state index contributed by atoms with van der Waals surface area (Å²) < 4.78 is 2.04. The van der Waals surface area contributed by atoms with Crippen molar-refractivity contribution in [1.82, 2.24) is 24.6 Å². The molecular weight excluding hydrogens is 314 g/mol. The van der Waals surface area contributed by atoms with Crippen molar-refractivity contribution in [2.75, 3.05) is 27.2 Å². The fourth-order valence-corrected chi connectivity index (χ4v) is 3.61. The summed E-state index contributed by atoms with van der Waals surface area (Å²) in [5.41, 5.74) is 4.49. The lowest BCUT2D eigenvalue weighted by Crippen LogP contribution is -2.33. The summed E-state index contributed by atoms with van der Waals surface area (Å²) in [5, 5.41) is 16.2. The lowest BCUT2D eigenvalue weighted by molar-refractivity contribution is 0.133. The second kappa shape index (κ2) is 6.63. The molecule has 0 saturated heterocycles. The van der Waals surface area contributed by atoms with Crippen LogP contribution in [0.15, 0.2) is 36.5 Å². The van der Waals surface area contributed by atoms with Crippen molar-refractivity contribution < 1.29 is 5.11 Å². The van der Waals surface area contributed by atoms with Crippen LogP contribution in [-0.2, 0) is 19.6 Å². The van der Waals surface area contributed by atoms with Gasteiger partial charge in [-0.05, 0) is 37.9 Å². The summed E-state index contributed by atoms with van der Waals surface area (Å²) in [6.45, 7) is 4.22. The lowest BCUT2D eigenvalue weighted by Gasteiger charge is -2.27. The molecule has 1 aliphatic rings. The number of fused-ring (bicyclic) bond motifs is 2. The number of likely N-dealkylation sites (N-methyl/N-ethyl adjacent to an activating group) is 1. The van der Waals surface area contributed by atoms with Crippen molar-refractivity contribution in [2.24, 2.45) is 0 Å². The van der Waals surface area contributed by atoms with E-state index in [4.69, 9.17) is 0 Å². The van der Waals surface area contributed by atoms with Crippen LogP contribution in [0.25, 0.3) is 10.9 Å². The molecule has 3 aromatic rings. The Kier molecular flexibility index (Phi) is 4.33. The number of benzene rings is 1. The topological polar surface area (TPSA) is 60.3 Å². The normalized spacial score (nSPS) is 16.5. The largest absolute Gasteiger partial charge is 0.385 e. The van der Waals surface area contributed by atoms with Gasteiger partial charge in [-0.3, -0.25) is 9.58 Å². The Hall–Kier alpha value is -2.15. The lowest BCUT2D eigenvalue weighted by atomic mass is 10.1. The molecule has 2 N–H and O–H groups in total. The monoisotopic (exact) mass is 339 g/mol. The molecule has 1 aromatic carbocycles. The Balaban J connectivity index is 1.49. The minimum absolute atomic E-state index is 0.532. The molecule has 0 radical (unpaired) electrons. The van der Waals surface area contributed by atoms with E-state index < -0.39 is 6.10 Å². The highest BCUT2D eigenvalue weighted by Gasteiger charge is 2.21. The van der Waals surface area contributed by atoms with E-state index >= 15 is 0 Å². The van der Waals surface area contributed by atoms with Crippen molar-refractivity contribution >= 4 is 10.9 Å². The van der Waals surface area contributed by atoms with E-state index in [1.54, 1.807) is 0 Å². The molecule has 6 heteroatoms. The Morgan fingerprint density at radius 3 is 3.00 bits per heavy atom. The number of aliphatic hydroxyl groups is 1. The predicted molar refractivity (Wildman–Crippen MR) is 98.2 cm³/mol. The molecule has 132 valence electrons. The van der Waals surface area contributed by atoms with Crippen LogP contribution in [0.1, 0.15) is 23.1 Å². The van der Waals surface area contributed by atoms with Crippen LogP contribution in [0.5, 0.6) is 0 Å². The second-order valence-corrected chi connectivity index (χ2v) is 7.13. The molecule has 0 aliphatic carbocycles. The van der Waals surface area contributed by atoms with Gasteiger partial charge in [0.2, 0.25) is 0 Å². The second-order valence-electron chi connectivity index (χ2n) is 7.13. The zero-order valence-corrected chi connectivity index (χ0v) is 14.8. The quantitative estimate of drug-likeness (QED) is 0.746. The van der Waals surface area contributed by atoms with Gasteiger partial charge in [0.1, 0.15) is 6.10 Å². The van der Waals surface area contributed by atoms with Gasteiger partial charge in [0, 0.05) is 43.3 Å². The number of aromatic nitrogens is 3. The van der Waals surface area contributed by atoms with Gasteiger partial charge in [0.15, 0.2) is 0 Å². The summed E-state index contributed by atoms with van der Waals surface area (Å²) in [6, 6.07) is 10.6. The molecule has 6 nitrogen and oxygen atoms in total. The Morgan fingerprint density at radius 2 is 2.16 bits per heavy atom. The molecule has 1 atom stereocenters. The van der Waals surface area contributed by atoms with E-state index in [1.165, 1.54) is 22.2 Å². The average Bonchev–Trinajstić information content (AvgIpc) is 3.20. The summed E-state index contributed by atoms with van der Waals surface area (Å²) in [6.07, 6.45) is 1.47. The fraction of sp³-hybridized carbons (Fsp3) is 0.421. The molecule has 0 spiro atoms. The van der Waals surface area contributed by atoms with E-state index in [0.29, 0.717) is 6.54 Å². The standard InChI is InChI=1S/C19H25N5O/c1-22(2)13-19(25)18-10-15-12-23(8-9-24(15)21-18)11-14-4-3-5-17-16(14)6-7-20-17/h3-7,10,19-20,25H,8-9,11-13H2,1-2H3/t19-/m1/s1. The van der Waals surface area contributed by atoms with Gasteiger partial charge in [-0.2, -0.15) is 5.10 Å². The zero-order valence-electron chi connectivity index (χ0n) is 14.8. The maximum absolute atomic E-state index is 10.3. The molecule has 0 unspecified atom stereocenters. The predicted octanol–water partition coefficient (Wildman–Crippen LogP) is 1.98. The van der Waals surface area contributed by atoms with Crippen LogP contribution < -0.4 is 0 Å². The fourth-order valence-electron chi connectivity index (χ4n) is 3.61. The number of rotatable bonds is 5. The maximum atomic E-state index is 10.3. The van der Waals surface area contributed by atoms with Crippen LogP contribution in [0.3, 0.4) is 0 Å². The first-order valence-electron chi connectivity index (χ1n) is 8.77. The van der Waals surface area contributed by atoms with Crippen molar-refractivity contribution in [3.63, 3.8) is 0 Å². The highest BCUT2D eigenvalue weighted by atomic mass is 16.3. The van der Waals surface area contributed by atoms with Gasteiger partial charge in [-0.1, -0.05) is 12.1 Å². The van der Waals surface area contributed by atoms with Gasteiger partial charge < -0.3 is 15.0 Å². The number of nitrogens with zero attached hydrogens (tertiary/aromatic N) is 4. The molecule has 0 saturated carbocycles. The third-order valence-electron chi connectivity index (χ3n) is 4.85. The number of nitrogens with one attached hydrogen (secondary N) is 1. The van der Waals surface area contributed by atoms with E-state index in [2.05, 4.69) is 45.3 Å². The molecule has 0 bridgehead atoms. The van der Waals surface area contributed by atoms with E-state index in [-0.39, 0.29) is 0 Å². The zero-order chi connectivity index (χ0) is 17.4. The minimum atomic E-state index is -0.532. The first-order valence-corrected chi connectivity index (χ1v) is 8.77. The molecule has 2 aromatic heterocycles. The molecule has 3 heterocycles.